The lowest BCUT2D eigenvalue weighted by Gasteiger charge is -2.14. The molecule has 0 radical (unpaired) electrons. The summed E-state index contributed by atoms with van der Waals surface area (Å²) in [5.41, 5.74) is 1.31. The van der Waals surface area contributed by atoms with E-state index < -0.39 is 0 Å². The average Bonchev–Trinajstić information content (AvgIpc) is 3.01. The van der Waals surface area contributed by atoms with Crippen molar-refractivity contribution in [3.05, 3.63) is 41.8 Å². The van der Waals surface area contributed by atoms with Gasteiger partial charge in [0.2, 0.25) is 5.89 Å². The molecule has 0 aliphatic rings. The Morgan fingerprint density at radius 3 is 2.71 bits per heavy atom. The molecule has 5 nitrogen and oxygen atoms in total. The number of nitrogens with zero attached hydrogens (tertiary/aromatic N) is 3. The highest BCUT2D eigenvalue weighted by Crippen LogP contribution is 2.16. The maximum absolute atomic E-state index is 5.73. The number of likely N-dealkylation sites (N-methyl/N-ethyl adjacent to an activating group) is 1. The van der Waals surface area contributed by atoms with Gasteiger partial charge in [-0.1, -0.05) is 42.4 Å². The highest BCUT2D eigenvalue weighted by Gasteiger charge is 2.15. The fourth-order valence-electron chi connectivity index (χ4n) is 2.04. The van der Waals surface area contributed by atoms with Crippen molar-refractivity contribution in [1.82, 2.24) is 15.5 Å². The SMILES string of the molecule is CCCNC(C)c1nnc(N(C)CCc2ccccc2)o1. The Hall–Kier alpha value is -1.88. The van der Waals surface area contributed by atoms with Gasteiger partial charge in [0.25, 0.3) is 0 Å². The maximum atomic E-state index is 5.73. The first-order valence-corrected chi connectivity index (χ1v) is 7.52. The summed E-state index contributed by atoms with van der Waals surface area (Å²) in [7, 11) is 1.98. The van der Waals surface area contributed by atoms with Crippen molar-refractivity contribution < 1.29 is 4.42 Å². The normalized spacial score (nSPS) is 12.3. The van der Waals surface area contributed by atoms with Crippen LogP contribution in [0.1, 0.15) is 37.8 Å². The summed E-state index contributed by atoms with van der Waals surface area (Å²) in [6, 6.07) is 11.1. The summed E-state index contributed by atoms with van der Waals surface area (Å²) in [5, 5.41) is 11.6. The van der Waals surface area contributed by atoms with E-state index in [2.05, 4.69) is 46.7 Å². The first-order valence-electron chi connectivity index (χ1n) is 7.52. The topological polar surface area (TPSA) is 54.2 Å². The van der Waals surface area contributed by atoms with Gasteiger partial charge in [-0.3, -0.25) is 0 Å². The van der Waals surface area contributed by atoms with E-state index in [1.807, 2.05) is 24.9 Å². The molecule has 1 heterocycles. The molecule has 2 aromatic rings. The molecular formula is C16H24N4O. The first-order chi connectivity index (χ1) is 10.2. The lowest BCUT2D eigenvalue weighted by Crippen LogP contribution is -2.21. The van der Waals surface area contributed by atoms with Gasteiger partial charge in [-0.05, 0) is 31.9 Å². The van der Waals surface area contributed by atoms with Crippen LogP contribution < -0.4 is 10.2 Å². The molecule has 114 valence electrons. The summed E-state index contributed by atoms with van der Waals surface area (Å²) >= 11 is 0. The predicted octanol–water partition coefficient (Wildman–Crippen LogP) is 2.81. The van der Waals surface area contributed by atoms with E-state index in [4.69, 9.17) is 4.42 Å². The van der Waals surface area contributed by atoms with Crippen LogP contribution in [0.25, 0.3) is 0 Å². The molecule has 1 N–H and O–H groups in total. The van der Waals surface area contributed by atoms with Crippen molar-refractivity contribution in [3.63, 3.8) is 0 Å². The molecule has 1 atom stereocenters. The number of nitrogens with one attached hydrogen (secondary N) is 1. The molecule has 1 aromatic carbocycles. The van der Waals surface area contributed by atoms with Gasteiger partial charge in [0, 0.05) is 13.6 Å². The molecule has 0 amide bonds. The van der Waals surface area contributed by atoms with Crippen molar-refractivity contribution in [2.45, 2.75) is 32.7 Å². The summed E-state index contributed by atoms with van der Waals surface area (Å²) in [5.74, 6) is 0.644. The quantitative estimate of drug-likeness (QED) is 0.809. The molecule has 0 bridgehead atoms. The zero-order chi connectivity index (χ0) is 15.1. The van der Waals surface area contributed by atoms with Crippen LogP contribution in [0.3, 0.4) is 0 Å². The number of hydrogen-bond donors (Lipinski definition) is 1. The molecule has 0 aliphatic carbocycles. The summed E-state index contributed by atoms with van der Waals surface area (Å²) < 4.78 is 5.73. The standard InChI is InChI=1S/C16H24N4O/c1-4-11-17-13(2)15-18-19-16(21-15)20(3)12-10-14-8-6-5-7-9-14/h5-9,13,17H,4,10-12H2,1-3H3. The number of anilines is 1. The summed E-state index contributed by atoms with van der Waals surface area (Å²) in [4.78, 5) is 2.00. The Balaban J connectivity index is 1.88. The zero-order valence-corrected chi connectivity index (χ0v) is 13.0. The smallest absolute Gasteiger partial charge is 0.317 e. The second-order valence-corrected chi connectivity index (χ2v) is 5.26. The van der Waals surface area contributed by atoms with Crippen LogP contribution in [0.2, 0.25) is 0 Å². The monoisotopic (exact) mass is 288 g/mol. The van der Waals surface area contributed by atoms with Crippen molar-refractivity contribution in [3.8, 4) is 0 Å². The van der Waals surface area contributed by atoms with E-state index in [-0.39, 0.29) is 6.04 Å². The Labute approximate surface area is 126 Å². The molecule has 21 heavy (non-hydrogen) atoms. The van der Waals surface area contributed by atoms with Gasteiger partial charge < -0.3 is 14.6 Å². The Morgan fingerprint density at radius 2 is 2.00 bits per heavy atom. The van der Waals surface area contributed by atoms with Gasteiger partial charge in [0.05, 0.1) is 6.04 Å². The Bertz CT molecular complexity index is 526. The number of benzene rings is 1. The van der Waals surface area contributed by atoms with Crippen LogP contribution in [0.15, 0.2) is 34.7 Å². The number of aromatic nitrogens is 2. The second-order valence-electron chi connectivity index (χ2n) is 5.26. The fraction of sp³-hybridized carbons (Fsp3) is 0.500. The third-order valence-corrected chi connectivity index (χ3v) is 3.41. The lowest BCUT2D eigenvalue weighted by atomic mass is 10.1. The number of rotatable bonds is 8. The summed E-state index contributed by atoms with van der Waals surface area (Å²) in [6.07, 6.45) is 2.04. The molecule has 0 aliphatic heterocycles. The predicted molar refractivity (Wildman–Crippen MR) is 84.4 cm³/mol. The third kappa shape index (κ3) is 4.56. The van der Waals surface area contributed by atoms with Gasteiger partial charge >= 0.3 is 6.01 Å². The molecule has 0 fully saturated rings. The van der Waals surface area contributed by atoms with Crippen LogP contribution in [0.5, 0.6) is 0 Å². The van der Waals surface area contributed by atoms with Crippen LogP contribution in [0.4, 0.5) is 6.01 Å². The largest absolute Gasteiger partial charge is 0.406 e. The molecule has 2 rings (SSSR count). The van der Waals surface area contributed by atoms with Crippen molar-refractivity contribution in [1.29, 1.82) is 0 Å². The van der Waals surface area contributed by atoms with Crippen LogP contribution in [0, 0.1) is 0 Å². The van der Waals surface area contributed by atoms with Gasteiger partial charge in [-0.25, -0.2) is 0 Å². The van der Waals surface area contributed by atoms with Gasteiger partial charge in [0.15, 0.2) is 0 Å². The second kappa shape index (κ2) is 7.78. The van der Waals surface area contributed by atoms with Gasteiger partial charge in [0.1, 0.15) is 0 Å². The van der Waals surface area contributed by atoms with E-state index in [0.29, 0.717) is 11.9 Å². The number of hydrogen-bond acceptors (Lipinski definition) is 5. The third-order valence-electron chi connectivity index (χ3n) is 3.41. The molecule has 0 saturated heterocycles. The Kier molecular flexibility index (Phi) is 5.75. The van der Waals surface area contributed by atoms with Crippen molar-refractivity contribution in [2.75, 3.05) is 25.0 Å². The zero-order valence-electron chi connectivity index (χ0n) is 13.0. The van der Waals surface area contributed by atoms with Crippen molar-refractivity contribution >= 4 is 6.01 Å². The summed E-state index contributed by atoms with van der Waals surface area (Å²) in [6.45, 7) is 5.97. The van der Waals surface area contributed by atoms with E-state index >= 15 is 0 Å². The highest BCUT2D eigenvalue weighted by molar-refractivity contribution is 5.24. The minimum Gasteiger partial charge on any atom is -0.406 e. The minimum atomic E-state index is 0.0914. The lowest BCUT2D eigenvalue weighted by molar-refractivity contribution is 0.416. The minimum absolute atomic E-state index is 0.0914. The van der Waals surface area contributed by atoms with Crippen LogP contribution >= 0.6 is 0 Å². The highest BCUT2D eigenvalue weighted by atomic mass is 16.4. The first kappa shape index (κ1) is 15.5. The molecule has 0 saturated carbocycles. The van der Waals surface area contributed by atoms with E-state index in [0.717, 1.165) is 25.9 Å². The molecule has 1 unspecified atom stereocenters. The molecule has 5 heteroatoms. The van der Waals surface area contributed by atoms with E-state index in [1.54, 1.807) is 0 Å². The average molecular weight is 288 g/mol. The van der Waals surface area contributed by atoms with Gasteiger partial charge in [-0.15, -0.1) is 5.10 Å². The van der Waals surface area contributed by atoms with E-state index in [9.17, 15) is 0 Å². The maximum Gasteiger partial charge on any atom is 0.317 e. The fourth-order valence-corrected chi connectivity index (χ4v) is 2.04. The molecule has 0 spiro atoms. The molecular weight excluding hydrogens is 264 g/mol. The Morgan fingerprint density at radius 1 is 1.24 bits per heavy atom. The van der Waals surface area contributed by atoms with Crippen molar-refractivity contribution in [2.24, 2.45) is 0 Å². The van der Waals surface area contributed by atoms with Gasteiger partial charge in [-0.2, -0.15) is 0 Å². The van der Waals surface area contributed by atoms with E-state index in [1.165, 1.54) is 5.56 Å². The van der Waals surface area contributed by atoms with Crippen LogP contribution in [-0.4, -0.2) is 30.3 Å². The van der Waals surface area contributed by atoms with Crippen LogP contribution in [-0.2, 0) is 6.42 Å². The molecule has 1 aromatic heterocycles.